The van der Waals surface area contributed by atoms with Gasteiger partial charge in [-0.15, -0.1) is 0 Å². The van der Waals surface area contributed by atoms with Crippen molar-refractivity contribution in [1.29, 1.82) is 5.26 Å². The number of fused-ring (bicyclic) bond motifs is 1. The van der Waals surface area contributed by atoms with Crippen LogP contribution in [0.25, 0.3) is 6.08 Å². The van der Waals surface area contributed by atoms with Gasteiger partial charge in [0.25, 0.3) is 5.91 Å². The molecule has 0 saturated heterocycles. The van der Waals surface area contributed by atoms with Crippen LogP contribution in [-0.2, 0) is 20.9 Å². The summed E-state index contributed by atoms with van der Waals surface area (Å²) in [6.07, 6.45) is 0.369. The van der Waals surface area contributed by atoms with Gasteiger partial charge in [0.1, 0.15) is 11.6 Å². The van der Waals surface area contributed by atoms with Gasteiger partial charge in [-0.3, -0.25) is 4.79 Å². The summed E-state index contributed by atoms with van der Waals surface area (Å²) in [5.41, 5.74) is 2.30. The van der Waals surface area contributed by atoms with E-state index in [1.807, 2.05) is 43.3 Å². The molecule has 2 aromatic carbocycles. The lowest BCUT2D eigenvalue weighted by atomic mass is 10.1. The number of hydrogen-bond acceptors (Lipinski definition) is 7. The first kappa shape index (κ1) is 21.7. The zero-order valence-electron chi connectivity index (χ0n) is 17.5. The van der Waals surface area contributed by atoms with Gasteiger partial charge in [-0.1, -0.05) is 18.2 Å². The molecule has 0 unspecified atom stereocenters. The van der Waals surface area contributed by atoms with E-state index < -0.39 is 18.0 Å². The van der Waals surface area contributed by atoms with Gasteiger partial charge in [-0.25, -0.2) is 4.79 Å². The molecule has 8 heteroatoms. The van der Waals surface area contributed by atoms with Crippen LogP contribution in [0, 0.1) is 11.3 Å². The molecule has 1 atom stereocenters. The van der Waals surface area contributed by atoms with Crippen molar-refractivity contribution >= 4 is 23.6 Å². The Hall–Kier alpha value is -3.99. The number of carbonyl (C=O) groups is 2. The van der Waals surface area contributed by atoms with Crippen LogP contribution in [0.2, 0.25) is 0 Å². The number of nitrogens with zero attached hydrogens (tertiary/aromatic N) is 2. The number of nitrogens with one attached hydrogen (secondary N) is 1. The Morgan fingerprint density at radius 1 is 1.19 bits per heavy atom. The van der Waals surface area contributed by atoms with Gasteiger partial charge < -0.3 is 24.4 Å². The second-order valence-electron chi connectivity index (χ2n) is 7.11. The number of esters is 1. The number of ether oxygens (including phenoxy) is 3. The van der Waals surface area contributed by atoms with Crippen LogP contribution < -0.4 is 19.7 Å². The summed E-state index contributed by atoms with van der Waals surface area (Å²) in [7, 11) is 3.84. The van der Waals surface area contributed by atoms with E-state index in [4.69, 9.17) is 14.2 Å². The van der Waals surface area contributed by atoms with E-state index >= 15 is 0 Å². The lowest BCUT2D eigenvalue weighted by Crippen LogP contribution is -2.35. The molecule has 0 aromatic heterocycles. The molecule has 160 valence electrons. The topological polar surface area (TPSA) is 101 Å². The van der Waals surface area contributed by atoms with Gasteiger partial charge in [0.2, 0.25) is 6.79 Å². The zero-order valence-corrected chi connectivity index (χ0v) is 17.5. The second-order valence-corrected chi connectivity index (χ2v) is 7.11. The first-order valence-electron chi connectivity index (χ1n) is 9.64. The Bertz CT molecular complexity index is 1040. The van der Waals surface area contributed by atoms with Gasteiger partial charge in [-0.05, 0) is 48.4 Å². The van der Waals surface area contributed by atoms with E-state index in [1.54, 1.807) is 24.3 Å². The van der Waals surface area contributed by atoms with Crippen molar-refractivity contribution in [3.63, 3.8) is 0 Å². The summed E-state index contributed by atoms with van der Waals surface area (Å²) < 4.78 is 15.7. The number of anilines is 1. The Morgan fingerprint density at radius 2 is 1.90 bits per heavy atom. The number of hydrogen-bond donors (Lipinski definition) is 1. The maximum absolute atomic E-state index is 12.3. The molecule has 31 heavy (non-hydrogen) atoms. The maximum Gasteiger partial charge on any atom is 0.349 e. The standard InChI is InChI=1S/C23H23N3O5/c1-15(22(27)25-13-17-6-9-20-21(11-17)30-14-29-20)31-23(28)18(12-24)10-16-4-7-19(8-5-16)26(2)3/h4-11,15H,13-14H2,1-3H3,(H,25,27)/b18-10+/t15-/m0/s1. The van der Waals surface area contributed by atoms with Crippen molar-refractivity contribution in [3.05, 3.63) is 59.2 Å². The minimum absolute atomic E-state index is 0.173. The number of amides is 1. The molecule has 1 N–H and O–H groups in total. The minimum Gasteiger partial charge on any atom is -0.454 e. The monoisotopic (exact) mass is 421 g/mol. The van der Waals surface area contributed by atoms with Gasteiger partial charge in [0.05, 0.1) is 0 Å². The highest BCUT2D eigenvalue weighted by Crippen LogP contribution is 2.32. The third kappa shape index (κ3) is 5.54. The summed E-state index contributed by atoms with van der Waals surface area (Å²) in [5, 5.41) is 12.0. The summed E-state index contributed by atoms with van der Waals surface area (Å²) in [6.45, 7) is 1.86. The van der Waals surface area contributed by atoms with Gasteiger partial charge in [0, 0.05) is 26.3 Å². The lowest BCUT2D eigenvalue weighted by Gasteiger charge is -2.14. The Labute approximate surface area is 180 Å². The molecule has 1 heterocycles. The molecule has 0 fully saturated rings. The van der Waals surface area contributed by atoms with E-state index in [2.05, 4.69) is 5.32 Å². The van der Waals surface area contributed by atoms with E-state index in [1.165, 1.54) is 13.0 Å². The fourth-order valence-electron chi connectivity index (χ4n) is 2.83. The van der Waals surface area contributed by atoms with E-state index in [9.17, 15) is 14.9 Å². The fraction of sp³-hybridized carbons (Fsp3) is 0.261. The number of nitriles is 1. The summed E-state index contributed by atoms with van der Waals surface area (Å²) in [5.74, 6) is -0.0539. The van der Waals surface area contributed by atoms with Crippen molar-refractivity contribution in [1.82, 2.24) is 5.32 Å². The molecule has 8 nitrogen and oxygen atoms in total. The Kier molecular flexibility index (Phi) is 6.78. The number of rotatable bonds is 7. The van der Waals surface area contributed by atoms with Gasteiger partial charge >= 0.3 is 5.97 Å². The van der Waals surface area contributed by atoms with Crippen LogP contribution in [0.3, 0.4) is 0 Å². The van der Waals surface area contributed by atoms with Crippen LogP contribution in [0.5, 0.6) is 11.5 Å². The minimum atomic E-state index is -1.06. The number of benzene rings is 2. The summed E-state index contributed by atoms with van der Waals surface area (Å²) >= 11 is 0. The molecular formula is C23H23N3O5. The SMILES string of the molecule is C[C@H](OC(=O)/C(C#N)=C/c1ccc(N(C)C)cc1)C(=O)NCc1ccc2c(c1)OCO2. The van der Waals surface area contributed by atoms with Crippen LogP contribution >= 0.6 is 0 Å². The molecule has 1 amide bonds. The third-order valence-corrected chi connectivity index (χ3v) is 4.62. The summed E-state index contributed by atoms with van der Waals surface area (Å²) in [4.78, 5) is 26.6. The number of carbonyl (C=O) groups excluding carboxylic acids is 2. The van der Waals surface area contributed by atoms with Crippen molar-refractivity contribution < 1.29 is 23.8 Å². The largest absolute Gasteiger partial charge is 0.454 e. The average molecular weight is 421 g/mol. The maximum atomic E-state index is 12.3. The molecule has 0 aliphatic carbocycles. The molecule has 1 aliphatic rings. The predicted octanol–water partition coefficient (Wildman–Crippen LogP) is 2.64. The highest BCUT2D eigenvalue weighted by atomic mass is 16.7. The van der Waals surface area contributed by atoms with Crippen molar-refractivity contribution in [3.8, 4) is 17.6 Å². The Morgan fingerprint density at radius 3 is 2.58 bits per heavy atom. The van der Waals surface area contributed by atoms with E-state index in [0.29, 0.717) is 17.1 Å². The normalized spacial score (nSPS) is 13.2. The van der Waals surface area contributed by atoms with Crippen LogP contribution in [-0.4, -0.2) is 38.9 Å². The average Bonchev–Trinajstić information content (AvgIpc) is 3.23. The first-order valence-corrected chi connectivity index (χ1v) is 9.64. The molecule has 1 aliphatic heterocycles. The smallest absolute Gasteiger partial charge is 0.349 e. The van der Waals surface area contributed by atoms with Gasteiger partial charge in [0.15, 0.2) is 17.6 Å². The second kappa shape index (κ2) is 9.67. The predicted molar refractivity (Wildman–Crippen MR) is 114 cm³/mol. The van der Waals surface area contributed by atoms with Crippen molar-refractivity contribution in [2.45, 2.75) is 19.6 Å². The molecule has 3 rings (SSSR count). The molecule has 0 saturated carbocycles. The van der Waals surface area contributed by atoms with Crippen LogP contribution in [0.1, 0.15) is 18.1 Å². The molecular weight excluding hydrogens is 398 g/mol. The Balaban J connectivity index is 1.56. The molecule has 0 bridgehead atoms. The third-order valence-electron chi connectivity index (χ3n) is 4.62. The highest BCUT2D eigenvalue weighted by molar-refractivity contribution is 5.99. The fourth-order valence-corrected chi connectivity index (χ4v) is 2.83. The summed E-state index contributed by atoms with van der Waals surface area (Å²) in [6, 6.07) is 14.5. The lowest BCUT2D eigenvalue weighted by molar-refractivity contribution is -0.150. The first-order chi connectivity index (χ1) is 14.9. The van der Waals surface area contributed by atoms with Crippen molar-refractivity contribution in [2.75, 3.05) is 25.8 Å². The molecule has 2 aromatic rings. The van der Waals surface area contributed by atoms with Crippen LogP contribution in [0.4, 0.5) is 5.69 Å². The zero-order chi connectivity index (χ0) is 22.4. The van der Waals surface area contributed by atoms with Crippen LogP contribution in [0.15, 0.2) is 48.0 Å². The van der Waals surface area contributed by atoms with E-state index in [0.717, 1.165) is 11.3 Å². The van der Waals surface area contributed by atoms with Gasteiger partial charge in [-0.2, -0.15) is 5.26 Å². The highest BCUT2D eigenvalue weighted by Gasteiger charge is 2.21. The quantitative estimate of drug-likeness (QED) is 0.417. The van der Waals surface area contributed by atoms with E-state index in [-0.39, 0.29) is 18.9 Å². The van der Waals surface area contributed by atoms with Crippen molar-refractivity contribution in [2.24, 2.45) is 0 Å². The molecule has 0 radical (unpaired) electrons. The molecule has 0 spiro atoms.